The number of nitrogens with one attached hydrogen (secondary N) is 2. The monoisotopic (exact) mass is 492 g/mol. The number of amides is 1. The summed E-state index contributed by atoms with van der Waals surface area (Å²) in [4.78, 5) is 22.1. The zero-order chi connectivity index (χ0) is 21.7. The Labute approximate surface area is 187 Å². The number of carbonyl (C=O) groups is 1. The number of benzene rings is 2. The summed E-state index contributed by atoms with van der Waals surface area (Å²) < 4.78 is 6.54. The van der Waals surface area contributed by atoms with Crippen molar-refractivity contribution in [2.24, 2.45) is 0 Å². The molecule has 3 rings (SSSR count). The van der Waals surface area contributed by atoms with Crippen LogP contribution in [0.15, 0.2) is 41.1 Å². The van der Waals surface area contributed by atoms with Crippen molar-refractivity contribution in [2.45, 2.75) is 0 Å². The van der Waals surface area contributed by atoms with Gasteiger partial charge in [0, 0.05) is 21.6 Å². The van der Waals surface area contributed by atoms with Crippen LogP contribution in [0.2, 0.25) is 5.02 Å². The van der Waals surface area contributed by atoms with Crippen LogP contribution >= 0.6 is 27.5 Å². The van der Waals surface area contributed by atoms with E-state index in [-0.39, 0.29) is 5.91 Å². The number of carbonyl (C=O) groups excluding carboxylic acids is 1. The Morgan fingerprint density at radius 3 is 2.80 bits per heavy atom. The summed E-state index contributed by atoms with van der Waals surface area (Å²) in [7, 11) is 3.67. The molecule has 8 nitrogen and oxygen atoms in total. The maximum Gasteiger partial charge on any atom is 0.234 e. The molecule has 0 spiro atoms. The van der Waals surface area contributed by atoms with Crippen molar-refractivity contribution in [3.63, 3.8) is 0 Å². The second-order valence-electron chi connectivity index (χ2n) is 6.82. The van der Waals surface area contributed by atoms with Gasteiger partial charge in [-0.25, -0.2) is 9.97 Å². The number of nitrogens with zero attached hydrogens (tertiary/aromatic N) is 3. The first-order chi connectivity index (χ1) is 14.3. The third-order valence-corrected chi connectivity index (χ3v) is 5.32. The number of rotatable bonds is 8. The Balaban J connectivity index is 1.71. The minimum atomic E-state index is -0.0633. The second-order valence-corrected chi connectivity index (χ2v) is 8.08. The zero-order valence-corrected chi connectivity index (χ0v) is 18.9. The Hall–Kier alpha value is -2.62. The van der Waals surface area contributed by atoms with Gasteiger partial charge in [-0.3, -0.25) is 4.79 Å². The topological polar surface area (TPSA) is 105 Å². The second kappa shape index (κ2) is 9.92. The molecule has 10 heteroatoms. The number of hydrogen-bond acceptors (Lipinski definition) is 7. The number of fused-ring (bicyclic) bond motifs is 1. The quantitative estimate of drug-likeness (QED) is 0.326. The SMILES string of the molecule is CN(C)CC(=O)NCCOc1cc2ncnc(Nc3ccc(Br)c(Cl)c3)c2cc1N. The van der Waals surface area contributed by atoms with Gasteiger partial charge in [0.15, 0.2) is 0 Å². The molecule has 0 aliphatic carbocycles. The van der Waals surface area contributed by atoms with Gasteiger partial charge >= 0.3 is 0 Å². The van der Waals surface area contributed by atoms with Crippen LogP contribution in [0.1, 0.15) is 0 Å². The van der Waals surface area contributed by atoms with E-state index in [1.165, 1.54) is 6.33 Å². The molecule has 1 aromatic heterocycles. The van der Waals surface area contributed by atoms with Crippen LogP contribution in [0, 0.1) is 0 Å². The summed E-state index contributed by atoms with van der Waals surface area (Å²) in [5, 5.41) is 7.37. The predicted octanol–water partition coefficient (Wildman–Crippen LogP) is 3.43. The molecule has 158 valence electrons. The summed E-state index contributed by atoms with van der Waals surface area (Å²) in [5.41, 5.74) is 8.09. The van der Waals surface area contributed by atoms with Crippen LogP contribution in [-0.4, -0.2) is 54.6 Å². The lowest BCUT2D eigenvalue weighted by Gasteiger charge is -2.14. The summed E-state index contributed by atoms with van der Waals surface area (Å²) in [6.07, 6.45) is 1.46. The van der Waals surface area contributed by atoms with Crippen LogP contribution in [0.4, 0.5) is 17.2 Å². The number of hydrogen-bond donors (Lipinski definition) is 3. The van der Waals surface area contributed by atoms with Gasteiger partial charge in [0.25, 0.3) is 0 Å². The van der Waals surface area contributed by atoms with Crippen molar-refractivity contribution >= 4 is 61.5 Å². The van der Waals surface area contributed by atoms with Crippen LogP contribution in [-0.2, 0) is 4.79 Å². The molecule has 0 saturated carbocycles. The Morgan fingerprint density at radius 1 is 1.27 bits per heavy atom. The number of likely N-dealkylation sites (N-methyl/N-ethyl adjacent to an activating group) is 1. The number of nitrogens with two attached hydrogens (primary N) is 1. The van der Waals surface area contributed by atoms with Crippen LogP contribution in [0.5, 0.6) is 5.75 Å². The summed E-state index contributed by atoms with van der Waals surface area (Å²) in [6, 6.07) is 9.05. The van der Waals surface area contributed by atoms with Crippen molar-refractivity contribution in [1.82, 2.24) is 20.2 Å². The fraction of sp³-hybridized carbons (Fsp3) is 0.250. The lowest BCUT2D eigenvalue weighted by Crippen LogP contribution is -2.35. The fourth-order valence-electron chi connectivity index (χ4n) is 2.73. The van der Waals surface area contributed by atoms with Crippen molar-refractivity contribution < 1.29 is 9.53 Å². The largest absolute Gasteiger partial charge is 0.490 e. The minimum Gasteiger partial charge on any atom is -0.490 e. The van der Waals surface area contributed by atoms with E-state index in [0.29, 0.717) is 47.5 Å². The van der Waals surface area contributed by atoms with Crippen LogP contribution < -0.4 is 21.1 Å². The van der Waals surface area contributed by atoms with Crippen molar-refractivity contribution in [1.29, 1.82) is 0 Å². The number of halogens is 2. The Bertz CT molecular complexity index is 1060. The molecule has 3 aromatic rings. The average Bonchev–Trinajstić information content (AvgIpc) is 2.68. The molecule has 0 unspecified atom stereocenters. The number of nitrogen functional groups attached to an aromatic ring is 1. The molecule has 0 bridgehead atoms. The van der Waals surface area contributed by atoms with E-state index < -0.39 is 0 Å². The molecule has 30 heavy (non-hydrogen) atoms. The molecule has 0 fully saturated rings. The highest BCUT2D eigenvalue weighted by Gasteiger charge is 2.11. The predicted molar refractivity (Wildman–Crippen MR) is 123 cm³/mol. The highest BCUT2D eigenvalue weighted by Crippen LogP contribution is 2.32. The van der Waals surface area contributed by atoms with Gasteiger partial charge in [-0.2, -0.15) is 0 Å². The minimum absolute atomic E-state index is 0.0633. The number of ether oxygens (including phenoxy) is 1. The molecule has 0 saturated heterocycles. The third kappa shape index (κ3) is 5.71. The first-order valence-electron chi connectivity index (χ1n) is 9.14. The third-order valence-electron chi connectivity index (χ3n) is 4.09. The van der Waals surface area contributed by atoms with E-state index in [2.05, 4.69) is 36.5 Å². The first-order valence-corrected chi connectivity index (χ1v) is 10.3. The highest BCUT2D eigenvalue weighted by atomic mass is 79.9. The molecule has 1 amide bonds. The number of anilines is 3. The van der Waals surface area contributed by atoms with E-state index in [4.69, 9.17) is 22.1 Å². The van der Waals surface area contributed by atoms with Gasteiger partial charge < -0.3 is 26.0 Å². The Morgan fingerprint density at radius 2 is 2.07 bits per heavy atom. The zero-order valence-electron chi connectivity index (χ0n) is 16.6. The molecule has 2 aromatic carbocycles. The average molecular weight is 494 g/mol. The van der Waals surface area contributed by atoms with E-state index >= 15 is 0 Å². The van der Waals surface area contributed by atoms with Crippen LogP contribution in [0.3, 0.4) is 0 Å². The van der Waals surface area contributed by atoms with Gasteiger partial charge in [-0.15, -0.1) is 0 Å². The molecule has 0 aliphatic heterocycles. The van der Waals surface area contributed by atoms with Crippen molar-refractivity contribution in [3.8, 4) is 5.75 Å². The van der Waals surface area contributed by atoms with Crippen molar-refractivity contribution in [3.05, 3.63) is 46.2 Å². The lowest BCUT2D eigenvalue weighted by molar-refractivity contribution is -0.121. The molecular formula is C20H22BrClN6O2. The van der Waals surface area contributed by atoms with Gasteiger partial charge in [-0.05, 0) is 54.3 Å². The van der Waals surface area contributed by atoms with E-state index in [1.807, 2.05) is 26.2 Å². The highest BCUT2D eigenvalue weighted by molar-refractivity contribution is 9.10. The number of aromatic nitrogens is 2. The van der Waals surface area contributed by atoms with E-state index in [9.17, 15) is 4.79 Å². The molecule has 0 radical (unpaired) electrons. The maximum absolute atomic E-state index is 11.7. The van der Waals surface area contributed by atoms with E-state index in [1.54, 1.807) is 23.1 Å². The maximum atomic E-state index is 11.7. The molecule has 4 N–H and O–H groups in total. The standard InChI is InChI=1S/C20H22BrClN6O2/c1-28(2)10-19(29)24-5-6-30-18-9-17-13(8-16(18)23)20(26-11-25-17)27-12-3-4-14(21)15(22)7-12/h3-4,7-9,11H,5-6,10,23H2,1-2H3,(H,24,29)(H,25,26,27). The lowest BCUT2D eigenvalue weighted by atomic mass is 10.2. The van der Waals surface area contributed by atoms with Crippen molar-refractivity contribution in [2.75, 3.05) is 44.8 Å². The molecule has 0 atom stereocenters. The molecular weight excluding hydrogens is 472 g/mol. The molecule has 1 heterocycles. The summed E-state index contributed by atoms with van der Waals surface area (Å²) >= 11 is 9.54. The smallest absolute Gasteiger partial charge is 0.234 e. The van der Waals surface area contributed by atoms with Crippen LogP contribution in [0.25, 0.3) is 10.9 Å². The van der Waals surface area contributed by atoms with E-state index in [0.717, 1.165) is 15.5 Å². The van der Waals surface area contributed by atoms with Gasteiger partial charge in [0.2, 0.25) is 5.91 Å². The van der Waals surface area contributed by atoms with Gasteiger partial charge in [-0.1, -0.05) is 11.6 Å². The Kier molecular flexibility index (Phi) is 7.30. The normalized spacial score (nSPS) is 11.0. The van der Waals surface area contributed by atoms with Gasteiger partial charge in [0.05, 0.1) is 29.3 Å². The molecule has 0 aliphatic rings. The van der Waals surface area contributed by atoms with Gasteiger partial charge in [0.1, 0.15) is 24.5 Å². The summed E-state index contributed by atoms with van der Waals surface area (Å²) in [6.45, 7) is 1.00. The summed E-state index contributed by atoms with van der Waals surface area (Å²) in [5.74, 6) is 1.04. The first kappa shape index (κ1) is 22.1. The fourth-order valence-corrected chi connectivity index (χ4v) is 3.16.